The van der Waals surface area contributed by atoms with Gasteiger partial charge in [0.05, 0.1) is 6.61 Å². The number of nitrogens with zero attached hydrogens (tertiary/aromatic N) is 2. The van der Waals surface area contributed by atoms with Crippen LogP contribution in [0.3, 0.4) is 0 Å². The van der Waals surface area contributed by atoms with Crippen LogP contribution in [-0.2, 0) is 11.2 Å². The van der Waals surface area contributed by atoms with Gasteiger partial charge in [0.25, 0.3) is 0 Å². The fraction of sp³-hybridized carbons (Fsp3) is 0.818. The highest BCUT2D eigenvalue weighted by Gasteiger charge is 2.23. The zero-order chi connectivity index (χ0) is 11.6. The van der Waals surface area contributed by atoms with E-state index in [0.717, 1.165) is 19.5 Å². The maximum absolute atomic E-state index is 5.56. The first kappa shape index (κ1) is 11.5. The summed E-state index contributed by atoms with van der Waals surface area (Å²) in [6.07, 6.45) is 0.728. The van der Waals surface area contributed by atoms with E-state index in [1.165, 1.54) is 0 Å². The van der Waals surface area contributed by atoms with E-state index < -0.39 is 0 Å². The van der Waals surface area contributed by atoms with Crippen LogP contribution in [0.2, 0.25) is 0 Å². The predicted octanol–water partition coefficient (Wildman–Crippen LogP) is 1.32. The molecule has 1 fully saturated rings. The number of aromatic nitrogens is 2. The molecular weight excluding hydrogens is 206 g/mol. The average molecular weight is 225 g/mol. The van der Waals surface area contributed by atoms with Crippen LogP contribution in [0.5, 0.6) is 0 Å². The second kappa shape index (κ2) is 4.51. The first-order valence-corrected chi connectivity index (χ1v) is 5.69. The minimum Gasteiger partial charge on any atom is -0.367 e. The minimum atomic E-state index is -0.0637. The average Bonchev–Trinajstić information content (AvgIpc) is 2.65. The topological polar surface area (TPSA) is 60.2 Å². The molecule has 1 saturated heterocycles. The van der Waals surface area contributed by atoms with E-state index in [1.54, 1.807) is 0 Å². The number of rotatable bonds is 2. The van der Waals surface area contributed by atoms with Crippen molar-refractivity contribution < 1.29 is 9.26 Å². The molecule has 2 rings (SSSR count). The van der Waals surface area contributed by atoms with Crippen molar-refractivity contribution in [2.45, 2.75) is 33.3 Å². The third kappa shape index (κ3) is 3.02. The molecule has 0 radical (unpaired) electrons. The van der Waals surface area contributed by atoms with Crippen LogP contribution in [-0.4, -0.2) is 29.8 Å². The number of morpholine rings is 1. The monoisotopic (exact) mass is 225 g/mol. The summed E-state index contributed by atoms with van der Waals surface area (Å²) in [4.78, 5) is 4.38. The molecule has 2 heterocycles. The first-order chi connectivity index (χ1) is 7.54. The minimum absolute atomic E-state index is 0.0637. The molecule has 0 bridgehead atoms. The van der Waals surface area contributed by atoms with E-state index in [0.29, 0.717) is 18.3 Å². The van der Waals surface area contributed by atoms with E-state index in [-0.39, 0.29) is 11.5 Å². The predicted molar refractivity (Wildman–Crippen MR) is 59.0 cm³/mol. The van der Waals surface area contributed by atoms with Crippen molar-refractivity contribution in [2.75, 3.05) is 19.7 Å². The highest BCUT2D eigenvalue weighted by molar-refractivity contribution is 4.95. The van der Waals surface area contributed by atoms with Crippen LogP contribution < -0.4 is 5.32 Å². The highest BCUT2D eigenvalue weighted by atomic mass is 16.5. The van der Waals surface area contributed by atoms with Crippen molar-refractivity contribution in [3.05, 3.63) is 11.7 Å². The Hall–Kier alpha value is -0.940. The van der Waals surface area contributed by atoms with E-state index in [4.69, 9.17) is 9.26 Å². The zero-order valence-electron chi connectivity index (χ0n) is 10.1. The fourth-order valence-electron chi connectivity index (χ4n) is 1.66. The van der Waals surface area contributed by atoms with Crippen LogP contribution >= 0.6 is 0 Å². The van der Waals surface area contributed by atoms with Gasteiger partial charge in [0.1, 0.15) is 6.10 Å². The van der Waals surface area contributed by atoms with Gasteiger partial charge in [-0.25, -0.2) is 0 Å². The molecule has 0 amide bonds. The lowest BCUT2D eigenvalue weighted by Crippen LogP contribution is -2.33. The van der Waals surface area contributed by atoms with Gasteiger partial charge in [-0.15, -0.1) is 0 Å². The molecule has 1 N–H and O–H groups in total. The van der Waals surface area contributed by atoms with Gasteiger partial charge < -0.3 is 14.6 Å². The van der Waals surface area contributed by atoms with E-state index in [1.807, 2.05) is 0 Å². The molecule has 1 unspecified atom stereocenters. The molecule has 90 valence electrons. The summed E-state index contributed by atoms with van der Waals surface area (Å²) in [7, 11) is 0. The summed E-state index contributed by atoms with van der Waals surface area (Å²) < 4.78 is 10.8. The molecule has 1 atom stereocenters. The molecule has 1 aromatic heterocycles. The molecule has 0 aliphatic carbocycles. The van der Waals surface area contributed by atoms with Gasteiger partial charge in [-0.05, 0) is 5.41 Å². The Morgan fingerprint density at radius 2 is 2.25 bits per heavy atom. The molecule has 1 aliphatic rings. The van der Waals surface area contributed by atoms with Crippen LogP contribution in [0.25, 0.3) is 0 Å². The molecule has 5 nitrogen and oxygen atoms in total. The van der Waals surface area contributed by atoms with Gasteiger partial charge >= 0.3 is 0 Å². The zero-order valence-corrected chi connectivity index (χ0v) is 10.1. The first-order valence-electron chi connectivity index (χ1n) is 5.69. The van der Waals surface area contributed by atoms with Gasteiger partial charge in [-0.2, -0.15) is 4.98 Å². The normalized spacial score (nSPS) is 22.3. The molecule has 16 heavy (non-hydrogen) atoms. The molecule has 1 aliphatic heterocycles. The Morgan fingerprint density at radius 3 is 2.88 bits per heavy atom. The van der Waals surface area contributed by atoms with Crippen molar-refractivity contribution in [3.63, 3.8) is 0 Å². The molecule has 1 aromatic rings. The largest absolute Gasteiger partial charge is 0.367 e. The van der Waals surface area contributed by atoms with Gasteiger partial charge in [0.2, 0.25) is 11.7 Å². The van der Waals surface area contributed by atoms with Crippen molar-refractivity contribution in [1.82, 2.24) is 15.5 Å². The summed E-state index contributed by atoms with van der Waals surface area (Å²) in [5.41, 5.74) is 0.162. The standard InChI is InChI=1S/C11H19N3O2/c1-11(2,3)6-9-13-10(14-16-9)8-7-12-4-5-15-8/h8,12H,4-7H2,1-3H3. The SMILES string of the molecule is CC(C)(C)Cc1nc(C2CNCCO2)no1. The maximum Gasteiger partial charge on any atom is 0.227 e. The van der Waals surface area contributed by atoms with Gasteiger partial charge in [-0.1, -0.05) is 25.9 Å². The molecule has 0 spiro atoms. The van der Waals surface area contributed by atoms with E-state index in [9.17, 15) is 0 Å². The summed E-state index contributed by atoms with van der Waals surface area (Å²) >= 11 is 0. The summed E-state index contributed by atoms with van der Waals surface area (Å²) in [5, 5.41) is 7.22. The second-order valence-corrected chi connectivity index (χ2v) is 5.35. The lowest BCUT2D eigenvalue weighted by atomic mass is 9.92. The van der Waals surface area contributed by atoms with Crippen molar-refractivity contribution in [3.8, 4) is 0 Å². The summed E-state index contributed by atoms with van der Waals surface area (Å²) in [6, 6.07) is 0. The molecule has 5 heteroatoms. The number of ether oxygens (including phenoxy) is 1. The lowest BCUT2D eigenvalue weighted by molar-refractivity contribution is 0.0208. The Bertz CT molecular complexity index is 337. The Balaban J connectivity index is 2.01. The van der Waals surface area contributed by atoms with E-state index in [2.05, 4.69) is 36.2 Å². The van der Waals surface area contributed by atoms with Crippen LogP contribution in [0.4, 0.5) is 0 Å². The van der Waals surface area contributed by atoms with Crippen molar-refractivity contribution >= 4 is 0 Å². The van der Waals surface area contributed by atoms with Crippen molar-refractivity contribution in [1.29, 1.82) is 0 Å². The summed E-state index contributed by atoms with van der Waals surface area (Å²) in [6.45, 7) is 8.80. The Labute approximate surface area is 95.6 Å². The van der Waals surface area contributed by atoms with Gasteiger partial charge in [-0.3, -0.25) is 0 Å². The Morgan fingerprint density at radius 1 is 1.44 bits per heavy atom. The highest BCUT2D eigenvalue weighted by Crippen LogP contribution is 2.21. The second-order valence-electron chi connectivity index (χ2n) is 5.35. The quantitative estimate of drug-likeness (QED) is 0.822. The fourth-order valence-corrected chi connectivity index (χ4v) is 1.66. The van der Waals surface area contributed by atoms with Gasteiger partial charge in [0, 0.05) is 19.5 Å². The van der Waals surface area contributed by atoms with Crippen LogP contribution in [0.15, 0.2) is 4.52 Å². The molecule has 0 saturated carbocycles. The molecule has 0 aromatic carbocycles. The third-order valence-electron chi connectivity index (χ3n) is 2.38. The van der Waals surface area contributed by atoms with E-state index >= 15 is 0 Å². The van der Waals surface area contributed by atoms with Crippen molar-refractivity contribution in [2.24, 2.45) is 5.41 Å². The maximum atomic E-state index is 5.56. The number of nitrogens with one attached hydrogen (secondary N) is 1. The molecular formula is C11H19N3O2. The number of hydrogen-bond acceptors (Lipinski definition) is 5. The number of hydrogen-bond donors (Lipinski definition) is 1. The summed E-state index contributed by atoms with van der Waals surface area (Å²) in [5.74, 6) is 1.35. The smallest absolute Gasteiger partial charge is 0.227 e. The Kier molecular flexibility index (Phi) is 3.25. The third-order valence-corrected chi connectivity index (χ3v) is 2.38. The van der Waals surface area contributed by atoms with Crippen LogP contribution in [0, 0.1) is 5.41 Å². The lowest BCUT2D eigenvalue weighted by Gasteiger charge is -2.20. The van der Waals surface area contributed by atoms with Gasteiger partial charge in [0.15, 0.2) is 0 Å². The van der Waals surface area contributed by atoms with Crippen LogP contribution in [0.1, 0.15) is 38.6 Å².